The van der Waals surface area contributed by atoms with Crippen LogP contribution in [0.3, 0.4) is 0 Å². The molecular weight excluding hydrogens is 378 g/mol. The molecule has 1 aliphatic rings. The third-order valence-corrected chi connectivity index (χ3v) is 5.71. The van der Waals surface area contributed by atoms with Gasteiger partial charge >= 0.3 is 0 Å². The Labute approximate surface area is 176 Å². The average Bonchev–Trinajstić information content (AvgIpc) is 3.29. The largest absolute Gasteiger partial charge is 0.334 e. The summed E-state index contributed by atoms with van der Waals surface area (Å²) < 4.78 is 0. The normalized spacial score (nSPS) is 16.6. The predicted octanol–water partition coefficient (Wildman–Crippen LogP) is 3.01. The molecule has 0 saturated carbocycles. The van der Waals surface area contributed by atoms with E-state index < -0.39 is 0 Å². The molecule has 8 nitrogen and oxygen atoms in total. The highest BCUT2D eigenvalue weighted by Crippen LogP contribution is 2.24. The van der Waals surface area contributed by atoms with Crippen molar-refractivity contribution in [3.8, 4) is 5.69 Å². The minimum Gasteiger partial charge on any atom is -0.334 e. The number of likely N-dealkylation sites (tertiary alicyclic amines) is 1. The molecule has 3 aromatic heterocycles. The molecule has 4 rings (SSSR count). The number of hydrogen-bond donors (Lipinski definition) is 0. The number of rotatable bonds is 5. The molecule has 0 N–H and O–H groups in total. The Morgan fingerprint density at radius 2 is 1.87 bits per heavy atom. The first-order valence-electron chi connectivity index (χ1n) is 10.5. The quantitative estimate of drug-likeness (QED) is 0.648. The van der Waals surface area contributed by atoms with Gasteiger partial charge in [0.25, 0.3) is 5.91 Å². The molecular formula is C22H27N7O. The molecule has 156 valence electrons. The van der Waals surface area contributed by atoms with E-state index in [-0.39, 0.29) is 11.9 Å². The number of nitrogens with zero attached hydrogens (tertiary/aromatic N) is 7. The van der Waals surface area contributed by atoms with E-state index in [2.05, 4.69) is 25.1 Å². The van der Waals surface area contributed by atoms with Gasteiger partial charge in [-0.15, -0.1) is 4.80 Å². The topological polar surface area (TPSA) is 89.7 Å². The summed E-state index contributed by atoms with van der Waals surface area (Å²) >= 11 is 0. The molecule has 0 aromatic carbocycles. The first-order valence-corrected chi connectivity index (χ1v) is 10.5. The minimum atomic E-state index is -0.0538. The van der Waals surface area contributed by atoms with Gasteiger partial charge in [-0.05, 0) is 65.0 Å². The zero-order valence-corrected chi connectivity index (χ0v) is 17.7. The SMILES string of the molecule is Cc1ccc(-n2nccn2)c(C(=O)N2CCCCC2CCc2cnc(C)c(C)n2)n1. The van der Waals surface area contributed by atoms with E-state index in [4.69, 9.17) is 0 Å². The standard InChI is InChI=1S/C22H27N7O/c1-15-7-10-20(29-24-11-12-25-29)21(26-15)22(30)28-13-5-4-6-19(28)9-8-18-14-23-16(2)17(3)27-18/h7,10-12,14,19H,4-6,8-9,13H2,1-3H3. The van der Waals surface area contributed by atoms with E-state index in [1.165, 1.54) is 4.80 Å². The maximum Gasteiger partial charge on any atom is 0.275 e. The van der Waals surface area contributed by atoms with Gasteiger partial charge in [0.15, 0.2) is 5.69 Å². The van der Waals surface area contributed by atoms with Crippen LogP contribution in [0.15, 0.2) is 30.7 Å². The number of amides is 1. The summed E-state index contributed by atoms with van der Waals surface area (Å²) in [7, 11) is 0. The van der Waals surface area contributed by atoms with Gasteiger partial charge in [0.1, 0.15) is 5.69 Å². The highest BCUT2D eigenvalue weighted by molar-refractivity contribution is 5.96. The molecule has 0 bridgehead atoms. The molecule has 3 aromatic rings. The molecule has 30 heavy (non-hydrogen) atoms. The fourth-order valence-electron chi connectivity index (χ4n) is 3.94. The van der Waals surface area contributed by atoms with Crippen LogP contribution in [-0.2, 0) is 6.42 Å². The summed E-state index contributed by atoms with van der Waals surface area (Å²) in [6, 6.07) is 3.90. The number of hydrogen-bond acceptors (Lipinski definition) is 6. The lowest BCUT2D eigenvalue weighted by atomic mass is 9.96. The predicted molar refractivity (Wildman–Crippen MR) is 112 cm³/mol. The van der Waals surface area contributed by atoms with Crippen molar-refractivity contribution >= 4 is 5.91 Å². The Balaban J connectivity index is 1.56. The smallest absolute Gasteiger partial charge is 0.275 e. The second-order valence-electron chi connectivity index (χ2n) is 7.86. The van der Waals surface area contributed by atoms with E-state index in [1.807, 2.05) is 44.0 Å². The van der Waals surface area contributed by atoms with Crippen LogP contribution in [-0.4, -0.2) is 53.3 Å². The van der Waals surface area contributed by atoms with Gasteiger partial charge in [-0.1, -0.05) is 0 Å². The number of carbonyl (C=O) groups is 1. The molecule has 1 fully saturated rings. The molecule has 1 atom stereocenters. The second-order valence-corrected chi connectivity index (χ2v) is 7.86. The molecule has 0 radical (unpaired) electrons. The summed E-state index contributed by atoms with van der Waals surface area (Å²) in [5.74, 6) is -0.0538. The van der Waals surface area contributed by atoms with Crippen molar-refractivity contribution in [2.75, 3.05) is 6.54 Å². The van der Waals surface area contributed by atoms with Crippen LogP contribution in [0.1, 0.15) is 58.9 Å². The van der Waals surface area contributed by atoms with Gasteiger partial charge in [0, 0.05) is 24.5 Å². The molecule has 1 unspecified atom stereocenters. The van der Waals surface area contributed by atoms with Crippen LogP contribution in [0.4, 0.5) is 0 Å². The van der Waals surface area contributed by atoms with Crippen LogP contribution < -0.4 is 0 Å². The summed E-state index contributed by atoms with van der Waals surface area (Å²) in [6.07, 6.45) is 9.84. The summed E-state index contributed by atoms with van der Waals surface area (Å²) in [5, 5.41) is 8.39. The summed E-state index contributed by atoms with van der Waals surface area (Å²) in [5.41, 5.74) is 4.71. The van der Waals surface area contributed by atoms with Gasteiger partial charge < -0.3 is 4.90 Å². The van der Waals surface area contributed by atoms with Gasteiger partial charge in [-0.3, -0.25) is 14.8 Å². The monoisotopic (exact) mass is 405 g/mol. The van der Waals surface area contributed by atoms with Crippen molar-refractivity contribution < 1.29 is 4.79 Å². The van der Waals surface area contributed by atoms with Crippen LogP contribution >= 0.6 is 0 Å². The van der Waals surface area contributed by atoms with Crippen LogP contribution in [0.5, 0.6) is 0 Å². The molecule has 1 amide bonds. The maximum atomic E-state index is 13.6. The lowest BCUT2D eigenvalue weighted by Crippen LogP contribution is -2.44. The summed E-state index contributed by atoms with van der Waals surface area (Å²) in [4.78, 5) is 30.6. The lowest BCUT2D eigenvalue weighted by molar-refractivity contribution is 0.0595. The maximum absolute atomic E-state index is 13.6. The van der Waals surface area contributed by atoms with E-state index >= 15 is 0 Å². The highest BCUT2D eigenvalue weighted by Gasteiger charge is 2.30. The molecule has 0 aliphatic carbocycles. The molecule has 8 heteroatoms. The number of aryl methyl sites for hydroxylation is 4. The Morgan fingerprint density at radius 1 is 1.07 bits per heavy atom. The van der Waals surface area contributed by atoms with Crippen LogP contribution in [0.2, 0.25) is 0 Å². The Bertz CT molecular complexity index is 1030. The first kappa shape index (κ1) is 20.1. The van der Waals surface area contributed by atoms with Crippen molar-refractivity contribution in [1.29, 1.82) is 0 Å². The van der Waals surface area contributed by atoms with E-state index in [0.29, 0.717) is 11.4 Å². The zero-order valence-electron chi connectivity index (χ0n) is 17.7. The minimum absolute atomic E-state index is 0.0538. The summed E-state index contributed by atoms with van der Waals surface area (Å²) in [6.45, 7) is 6.58. The van der Waals surface area contributed by atoms with Gasteiger partial charge in [-0.2, -0.15) is 10.2 Å². The van der Waals surface area contributed by atoms with Crippen molar-refractivity contribution in [2.45, 2.75) is 58.9 Å². The van der Waals surface area contributed by atoms with Gasteiger partial charge in [-0.25, -0.2) is 4.98 Å². The van der Waals surface area contributed by atoms with Crippen molar-refractivity contribution in [2.24, 2.45) is 0 Å². The third-order valence-electron chi connectivity index (χ3n) is 5.71. The number of pyridine rings is 1. The third kappa shape index (κ3) is 4.22. The molecule has 0 spiro atoms. The number of aromatic nitrogens is 6. The van der Waals surface area contributed by atoms with Crippen molar-refractivity contribution in [1.82, 2.24) is 34.8 Å². The number of piperidine rings is 1. The lowest BCUT2D eigenvalue weighted by Gasteiger charge is -2.36. The van der Waals surface area contributed by atoms with E-state index in [9.17, 15) is 4.79 Å². The Morgan fingerprint density at radius 3 is 2.63 bits per heavy atom. The van der Waals surface area contributed by atoms with Crippen molar-refractivity contribution in [3.63, 3.8) is 0 Å². The second kappa shape index (κ2) is 8.69. The van der Waals surface area contributed by atoms with E-state index in [0.717, 1.165) is 61.4 Å². The zero-order chi connectivity index (χ0) is 21.1. The molecule has 1 saturated heterocycles. The molecule has 1 aliphatic heterocycles. The van der Waals surface area contributed by atoms with Gasteiger partial charge in [0.05, 0.1) is 29.5 Å². The van der Waals surface area contributed by atoms with Gasteiger partial charge in [0.2, 0.25) is 0 Å². The molecule has 4 heterocycles. The number of carbonyl (C=O) groups excluding carboxylic acids is 1. The average molecular weight is 406 g/mol. The Hall–Kier alpha value is -3.16. The van der Waals surface area contributed by atoms with Crippen molar-refractivity contribution in [3.05, 3.63) is 59.2 Å². The van der Waals surface area contributed by atoms with Crippen LogP contribution in [0.25, 0.3) is 5.69 Å². The fraction of sp³-hybridized carbons (Fsp3) is 0.455. The highest BCUT2D eigenvalue weighted by atomic mass is 16.2. The Kier molecular flexibility index (Phi) is 5.83. The fourth-order valence-corrected chi connectivity index (χ4v) is 3.94. The van der Waals surface area contributed by atoms with Crippen LogP contribution in [0, 0.1) is 20.8 Å². The first-order chi connectivity index (χ1) is 14.5. The van der Waals surface area contributed by atoms with E-state index in [1.54, 1.807) is 12.4 Å².